The molecule has 0 unspecified atom stereocenters. The van der Waals surface area contributed by atoms with Gasteiger partial charge >= 0.3 is 6.03 Å². The van der Waals surface area contributed by atoms with Gasteiger partial charge in [0.1, 0.15) is 0 Å². The van der Waals surface area contributed by atoms with E-state index in [1.165, 1.54) is 32.4 Å². The molecule has 2 saturated heterocycles. The number of amides is 3. The van der Waals surface area contributed by atoms with Gasteiger partial charge in [0.25, 0.3) is 0 Å². The first-order valence-corrected chi connectivity index (χ1v) is 9.46. The Morgan fingerprint density at radius 1 is 1.16 bits per heavy atom. The van der Waals surface area contributed by atoms with Crippen molar-refractivity contribution in [3.8, 4) is 0 Å². The molecule has 1 aromatic carbocycles. The summed E-state index contributed by atoms with van der Waals surface area (Å²) in [4.78, 5) is 27.6. The van der Waals surface area contributed by atoms with Crippen LogP contribution in [0.1, 0.15) is 32.1 Å². The maximum Gasteiger partial charge on any atom is 0.315 e. The Kier molecular flexibility index (Phi) is 6.28. The lowest BCUT2D eigenvalue weighted by Gasteiger charge is -2.23. The number of anilines is 1. The Morgan fingerprint density at radius 2 is 1.92 bits per heavy atom. The highest BCUT2D eigenvalue weighted by atomic mass is 16.2. The Balaban J connectivity index is 1.35. The highest BCUT2D eigenvalue weighted by molar-refractivity contribution is 5.96. The van der Waals surface area contributed by atoms with Gasteiger partial charge in [-0.1, -0.05) is 18.2 Å². The van der Waals surface area contributed by atoms with E-state index in [9.17, 15) is 9.59 Å². The number of nitrogens with one attached hydrogen (secondary N) is 3. The monoisotopic (exact) mass is 345 g/mol. The number of para-hydroxylation sites is 1. The van der Waals surface area contributed by atoms with Crippen LogP contribution in [-0.4, -0.2) is 50.7 Å². The summed E-state index contributed by atoms with van der Waals surface area (Å²) in [5.74, 6) is 0.0604. The molecule has 136 valence electrons. The largest absolute Gasteiger partial charge is 0.338 e. The molecule has 0 radical (unpaired) electrons. The minimum absolute atomic E-state index is 0.0604. The van der Waals surface area contributed by atoms with Crippen molar-refractivity contribution in [2.24, 2.45) is 0 Å². The maximum absolute atomic E-state index is 12.2. The van der Waals surface area contributed by atoms with Crippen LogP contribution in [0.5, 0.6) is 0 Å². The molecule has 3 N–H and O–H groups in total. The van der Waals surface area contributed by atoms with E-state index in [1.54, 1.807) is 9.80 Å². The van der Waals surface area contributed by atoms with Crippen molar-refractivity contribution in [3.63, 3.8) is 0 Å². The van der Waals surface area contributed by atoms with Crippen LogP contribution in [0.15, 0.2) is 30.3 Å². The third kappa shape index (κ3) is 5.19. The molecule has 0 aliphatic carbocycles. The fourth-order valence-electron chi connectivity index (χ4n) is 3.74. The summed E-state index contributed by atoms with van der Waals surface area (Å²) in [6.45, 7) is 4.90. The number of likely N-dealkylation sites (tertiary alicyclic amines) is 1. The molecule has 2 fully saturated rings. The van der Waals surface area contributed by atoms with Crippen LogP contribution in [0, 0.1) is 0 Å². The average Bonchev–Trinajstić information content (AvgIpc) is 3.00. The lowest BCUT2D eigenvalue weighted by molar-refractivity contribution is -0.904. The molecule has 0 saturated carbocycles. The number of urea groups is 1. The third-order valence-corrected chi connectivity index (χ3v) is 5.08. The molecule has 0 spiro atoms. The zero-order valence-electron chi connectivity index (χ0n) is 14.8. The second kappa shape index (κ2) is 8.85. The van der Waals surface area contributed by atoms with Crippen LogP contribution in [-0.2, 0) is 4.79 Å². The minimum Gasteiger partial charge on any atom is -0.338 e. The van der Waals surface area contributed by atoms with Gasteiger partial charge in [0, 0.05) is 31.6 Å². The maximum atomic E-state index is 12.2. The second-order valence-corrected chi connectivity index (χ2v) is 7.06. The highest BCUT2D eigenvalue weighted by Crippen LogP contribution is 2.20. The molecule has 3 amide bonds. The molecule has 0 aromatic heterocycles. The van der Waals surface area contributed by atoms with Crippen molar-refractivity contribution in [3.05, 3.63) is 30.3 Å². The average molecular weight is 345 g/mol. The Morgan fingerprint density at radius 3 is 2.68 bits per heavy atom. The van der Waals surface area contributed by atoms with Crippen LogP contribution in [0.4, 0.5) is 10.5 Å². The van der Waals surface area contributed by atoms with Gasteiger partial charge in [0.15, 0.2) is 0 Å². The topological polar surface area (TPSA) is 65.9 Å². The van der Waals surface area contributed by atoms with E-state index < -0.39 is 0 Å². The number of carbonyl (C=O) groups is 2. The van der Waals surface area contributed by atoms with Gasteiger partial charge in [0.2, 0.25) is 5.91 Å². The smallest absolute Gasteiger partial charge is 0.315 e. The summed E-state index contributed by atoms with van der Waals surface area (Å²) >= 11 is 0. The first-order chi connectivity index (χ1) is 12.2. The number of carbonyl (C=O) groups excluding carboxylic acids is 2. The molecule has 25 heavy (non-hydrogen) atoms. The van der Waals surface area contributed by atoms with Crippen molar-refractivity contribution in [2.45, 2.75) is 38.1 Å². The van der Waals surface area contributed by atoms with E-state index in [0.29, 0.717) is 19.5 Å². The predicted octanol–water partition coefficient (Wildman–Crippen LogP) is 0.550. The molecule has 6 nitrogen and oxygen atoms in total. The molecule has 0 bridgehead atoms. The van der Waals surface area contributed by atoms with Crippen LogP contribution in [0.3, 0.4) is 0 Å². The summed E-state index contributed by atoms with van der Waals surface area (Å²) in [6, 6.07) is 9.31. The van der Waals surface area contributed by atoms with Crippen molar-refractivity contribution >= 4 is 17.6 Å². The van der Waals surface area contributed by atoms with E-state index >= 15 is 0 Å². The third-order valence-electron chi connectivity index (χ3n) is 5.08. The van der Waals surface area contributed by atoms with Crippen LogP contribution < -0.4 is 20.4 Å². The molecule has 1 aromatic rings. The number of rotatable bonds is 6. The summed E-state index contributed by atoms with van der Waals surface area (Å²) < 4.78 is 0. The van der Waals surface area contributed by atoms with Gasteiger partial charge in [-0.15, -0.1) is 0 Å². The van der Waals surface area contributed by atoms with Gasteiger partial charge in [-0.2, -0.15) is 0 Å². The van der Waals surface area contributed by atoms with Gasteiger partial charge in [-0.25, -0.2) is 4.79 Å². The lowest BCUT2D eigenvalue weighted by Crippen LogP contribution is -3.12. The van der Waals surface area contributed by atoms with Crippen LogP contribution in [0.25, 0.3) is 0 Å². The molecule has 2 aliphatic heterocycles. The molecule has 6 heteroatoms. The SMILES string of the molecule is O=C(NCCC[NH+]1CCCCC1)N[C@@H]1CC(=O)N(c2ccccc2)C1. The van der Waals surface area contributed by atoms with Crippen molar-refractivity contribution in [2.75, 3.05) is 37.6 Å². The fraction of sp³-hybridized carbons (Fsp3) is 0.579. The van der Waals surface area contributed by atoms with E-state index in [1.807, 2.05) is 30.3 Å². The first kappa shape index (κ1) is 17.7. The van der Waals surface area contributed by atoms with Crippen molar-refractivity contribution in [1.29, 1.82) is 0 Å². The van der Waals surface area contributed by atoms with Gasteiger partial charge in [-0.3, -0.25) is 4.79 Å². The van der Waals surface area contributed by atoms with Crippen molar-refractivity contribution < 1.29 is 14.5 Å². The predicted molar refractivity (Wildman–Crippen MR) is 97.8 cm³/mol. The molecule has 3 rings (SSSR count). The number of hydrogen-bond acceptors (Lipinski definition) is 2. The summed E-state index contributed by atoms with van der Waals surface area (Å²) in [5, 5.41) is 5.85. The van der Waals surface area contributed by atoms with Gasteiger partial charge in [0.05, 0.1) is 25.7 Å². The Bertz CT molecular complexity index is 572. The van der Waals surface area contributed by atoms with Crippen molar-refractivity contribution in [1.82, 2.24) is 10.6 Å². The van der Waals surface area contributed by atoms with Crippen LogP contribution in [0.2, 0.25) is 0 Å². The summed E-state index contributed by atoms with van der Waals surface area (Å²) in [7, 11) is 0. The summed E-state index contributed by atoms with van der Waals surface area (Å²) in [6.07, 6.45) is 5.39. The Labute approximate surface area is 149 Å². The van der Waals surface area contributed by atoms with Crippen LogP contribution >= 0.6 is 0 Å². The zero-order valence-corrected chi connectivity index (χ0v) is 14.8. The first-order valence-electron chi connectivity index (χ1n) is 9.46. The standard InChI is InChI=1S/C19H28N4O2/c24-18-14-16(15-23(18)17-8-3-1-4-9-17)21-19(25)20-10-7-13-22-11-5-2-6-12-22/h1,3-4,8-9,16H,2,5-7,10-15H2,(H2,20,21,25)/p+1/t16-/m1/s1. The molecular formula is C19H29N4O2+. The van der Waals surface area contributed by atoms with E-state index in [2.05, 4.69) is 10.6 Å². The molecule has 2 heterocycles. The normalized spacial score (nSPS) is 21.4. The highest BCUT2D eigenvalue weighted by Gasteiger charge is 2.31. The lowest BCUT2D eigenvalue weighted by atomic mass is 10.1. The van der Waals surface area contributed by atoms with Gasteiger partial charge in [-0.05, 0) is 31.4 Å². The van der Waals surface area contributed by atoms with E-state index in [0.717, 1.165) is 18.7 Å². The van der Waals surface area contributed by atoms with E-state index in [-0.39, 0.29) is 18.0 Å². The Hall–Kier alpha value is -2.08. The quantitative estimate of drug-likeness (QED) is 0.659. The molecule has 1 atom stereocenters. The fourth-order valence-corrected chi connectivity index (χ4v) is 3.74. The minimum atomic E-state index is -0.165. The number of piperidine rings is 1. The number of hydrogen-bond donors (Lipinski definition) is 3. The zero-order chi connectivity index (χ0) is 17.5. The summed E-state index contributed by atoms with van der Waals surface area (Å²) in [5.41, 5.74) is 0.890. The number of quaternary nitrogens is 1. The second-order valence-electron chi connectivity index (χ2n) is 7.06. The number of nitrogens with zero attached hydrogens (tertiary/aromatic N) is 1. The van der Waals surface area contributed by atoms with E-state index in [4.69, 9.17) is 0 Å². The van der Waals surface area contributed by atoms with Gasteiger partial charge < -0.3 is 20.4 Å². The molecule has 2 aliphatic rings. The molecular weight excluding hydrogens is 316 g/mol. The number of benzene rings is 1.